The molecule has 0 amide bonds. The third kappa shape index (κ3) is 4.94. The third-order valence-electron chi connectivity index (χ3n) is 5.70. The van der Waals surface area contributed by atoms with Crippen molar-refractivity contribution in [1.29, 1.82) is 0 Å². The Hall–Kier alpha value is -0.0982. The van der Waals surface area contributed by atoms with Crippen LogP contribution in [-0.4, -0.2) is 32.7 Å². The van der Waals surface area contributed by atoms with Gasteiger partial charge in [0.1, 0.15) is 0 Å². The summed E-state index contributed by atoms with van der Waals surface area (Å²) in [6.45, 7) is 24.0. The van der Waals surface area contributed by atoms with Crippen molar-refractivity contribution in [1.82, 2.24) is 0 Å². The summed E-state index contributed by atoms with van der Waals surface area (Å²) in [6.07, 6.45) is 3.32. The average Bonchev–Trinajstić information content (AvgIpc) is 2.53. The fraction of sp³-hybridized carbons (Fsp3) is 0.889. The minimum atomic E-state index is -1.71. The lowest BCUT2D eigenvalue weighted by molar-refractivity contribution is 0.00578. The summed E-state index contributed by atoms with van der Waals surface area (Å²) in [6, 6.07) is 0. The Morgan fingerprint density at radius 2 is 1.57 bits per heavy atom. The molecule has 23 heavy (non-hydrogen) atoms. The minimum absolute atomic E-state index is 0.216. The van der Waals surface area contributed by atoms with E-state index in [0.29, 0.717) is 0 Å². The van der Waals surface area contributed by atoms with E-state index in [1.807, 2.05) is 0 Å². The van der Waals surface area contributed by atoms with Crippen LogP contribution in [0.5, 0.6) is 0 Å². The van der Waals surface area contributed by atoms with Gasteiger partial charge in [-0.15, -0.1) is 0 Å². The van der Waals surface area contributed by atoms with Crippen molar-refractivity contribution in [3.8, 4) is 0 Å². The fourth-order valence-corrected chi connectivity index (χ4v) is 3.66. The molecular formula is C18H37BO3Si. The van der Waals surface area contributed by atoms with Gasteiger partial charge in [0.25, 0.3) is 0 Å². The largest absolute Gasteiger partial charge is 0.489 e. The van der Waals surface area contributed by atoms with Gasteiger partial charge in [0.05, 0.1) is 11.2 Å². The van der Waals surface area contributed by atoms with Crippen LogP contribution in [0.25, 0.3) is 0 Å². The molecule has 0 unspecified atom stereocenters. The molecule has 1 heterocycles. The number of allylic oxidation sites excluding steroid dienone is 1. The zero-order valence-corrected chi connectivity index (χ0v) is 18.2. The van der Waals surface area contributed by atoms with E-state index in [4.69, 9.17) is 13.7 Å². The van der Waals surface area contributed by atoms with Crippen LogP contribution in [0.4, 0.5) is 0 Å². The van der Waals surface area contributed by atoms with Gasteiger partial charge < -0.3 is 13.7 Å². The standard InChI is InChI=1S/C18H37BO3Si/c1-14(19-21-17(6,7)18(8,9)22-19)12-13-15(2)20-23(10,11)16(3,4)5/h12,15H,13H2,1-11H3/b14-12+/t15-/m0/s1. The Morgan fingerprint density at radius 3 is 1.96 bits per heavy atom. The van der Waals surface area contributed by atoms with Gasteiger partial charge in [-0.1, -0.05) is 26.8 Å². The molecule has 1 saturated heterocycles. The lowest BCUT2D eigenvalue weighted by atomic mass is 9.79. The van der Waals surface area contributed by atoms with Gasteiger partial charge in [-0.2, -0.15) is 0 Å². The molecule has 1 aliphatic rings. The minimum Gasteiger partial charge on any atom is -0.414 e. The van der Waals surface area contributed by atoms with Crippen LogP contribution in [-0.2, 0) is 13.7 Å². The Morgan fingerprint density at radius 1 is 1.13 bits per heavy atom. The second-order valence-electron chi connectivity index (χ2n) is 9.46. The smallest absolute Gasteiger partial charge is 0.414 e. The van der Waals surface area contributed by atoms with Gasteiger partial charge >= 0.3 is 7.12 Å². The summed E-state index contributed by atoms with van der Waals surface area (Å²) in [7, 11) is -1.96. The van der Waals surface area contributed by atoms with Crippen LogP contribution in [0.1, 0.15) is 68.7 Å². The quantitative estimate of drug-likeness (QED) is 0.630. The highest BCUT2D eigenvalue weighted by Gasteiger charge is 2.51. The van der Waals surface area contributed by atoms with Crippen molar-refractivity contribution in [2.24, 2.45) is 0 Å². The van der Waals surface area contributed by atoms with Crippen molar-refractivity contribution in [2.75, 3.05) is 0 Å². The Bertz CT molecular complexity index is 434. The van der Waals surface area contributed by atoms with E-state index < -0.39 is 8.32 Å². The summed E-state index contributed by atoms with van der Waals surface area (Å²) in [4.78, 5) is 0. The van der Waals surface area contributed by atoms with Gasteiger partial charge in [-0.3, -0.25) is 0 Å². The van der Waals surface area contributed by atoms with Gasteiger partial charge in [0.2, 0.25) is 0 Å². The van der Waals surface area contributed by atoms with E-state index >= 15 is 0 Å². The highest BCUT2D eigenvalue weighted by Crippen LogP contribution is 2.39. The third-order valence-corrected chi connectivity index (χ3v) is 10.3. The second-order valence-corrected chi connectivity index (χ2v) is 14.2. The first kappa shape index (κ1) is 20.9. The number of hydrogen-bond acceptors (Lipinski definition) is 3. The molecule has 0 bridgehead atoms. The zero-order valence-electron chi connectivity index (χ0n) is 17.2. The molecule has 1 fully saturated rings. The molecule has 0 spiro atoms. The predicted octanol–water partition coefficient (Wildman–Crippen LogP) is 5.36. The summed E-state index contributed by atoms with van der Waals surface area (Å²) in [5, 5.41) is 0.242. The first-order valence-electron chi connectivity index (χ1n) is 8.79. The van der Waals surface area contributed by atoms with Crippen LogP contribution in [0.15, 0.2) is 11.5 Å². The van der Waals surface area contributed by atoms with Crippen LogP contribution < -0.4 is 0 Å². The SMILES string of the molecule is C/C(=C\C[C@H](C)O[Si](C)(C)C(C)(C)C)B1OC(C)(C)C(C)(C)O1. The van der Waals surface area contributed by atoms with E-state index in [-0.39, 0.29) is 29.5 Å². The summed E-state index contributed by atoms with van der Waals surface area (Å²) >= 11 is 0. The van der Waals surface area contributed by atoms with Crippen molar-refractivity contribution in [3.05, 3.63) is 11.5 Å². The normalized spacial score (nSPS) is 23.3. The van der Waals surface area contributed by atoms with E-state index in [9.17, 15) is 0 Å². The molecule has 134 valence electrons. The molecule has 0 aliphatic carbocycles. The zero-order chi connectivity index (χ0) is 18.3. The summed E-state index contributed by atoms with van der Waals surface area (Å²) < 4.78 is 18.6. The summed E-state index contributed by atoms with van der Waals surface area (Å²) in [5.74, 6) is 0. The molecule has 0 N–H and O–H groups in total. The second kappa shape index (κ2) is 6.66. The van der Waals surface area contributed by atoms with Crippen LogP contribution in [0.3, 0.4) is 0 Å². The van der Waals surface area contributed by atoms with Crippen LogP contribution >= 0.6 is 0 Å². The Labute approximate surface area is 145 Å². The monoisotopic (exact) mass is 340 g/mol. The maximum Gasteiger partial charge on any atom is 0.489 e. The molecular weight excluding hydrogens is 303 g/mol. The van der Waals surface area contributed by atoms with E-state index in [2.05, 4.69) is 81.5 Å². The molecule has 0 aromatic rings. The molecule has 0 saturated carbocycles. The maximum atomic E-state index is 6.41. The molecule has 0 aromatic carbocycles. The van der Waals surface area contributed by atoms with Crippen LogP contribution in [0, 0.1) is 0 Å². The topological polar surface area (TPSA) is 27.7 Å². The first-order valence-corrected chi connectivity index (χ1v) is 11.7. The predicted molar refractivity (Wildman–Crippen MR) is 102 cm³/mol. The van der Waals surface area contributed by atoms with Gasteiger partial charge in [0, 0.05) is 6.10 Å². The molecule has 0 radical (unpaired) electrons. The molecule has 1 atom stereocenters. The number of hydrogen-bond donors (Lipinski definition) is 0. The Balaban J connectivity index is 2.65. The lowest BCUT2D eigenvalue weighted by Gasteiger charge is -2.38. The van der Waals surface area contributed by atoms with E-state index in [1.165, 1.54) is 0 Å². The van der Waals surface area contributed by atoms with Crippen molar-refractivity contribution < 1.29 is 13.7 Å². The van der Waals surface area contributed by atoms with Crippen molar-refractivity contribution >= 4 is 15.4 Å². The van der Waals surface area contributed by atoms with E-state index in [1.54, 1.807) is 0 Å². The van der Waals surface area contributed by atoms with Crippen molar-refractivity contribution in [2.45, 2.75) is 104 Å². The Kier molecular flexibility index (Phi) is 6.07. The summed E-state index contributed by atoms with van der Waals surface area (Å²) in [5.41, 5.74) is 0.570. The molecule has 0 aromatic heterocycles. The highest BCUT2D eigenvalue weighted by atomic mass is 28.4. The molecule has 1 aliphatic heterocycles. The highest BCUT2D eigenvalue weighted by molar-refractivity contribution is 6.74. The fourth-order valence-electron chi connectivity index (χ4n) is 2.20. The molecule has 3 nitrogen and oxygen atoms in total. The molecule has 5 heteroatoms. The van der Waals surface area contributed by atoms with Crippen LogP contribution in [0.2, 0.25) is 18.1 Å². The average molecular weight is 340 g/mol. The van der Waals surface area contributed by atoms with E-state index in [0.717, 1.165) is 11.9 Å². The van der Waals surface area contributed by atoms with Crippen molar-refractivity contribution in [3.63, 3.8) is 0 Å². The lowest BCUT2D eigenvalue weighted by Crippen LogP contribution is -2.43. The first-order chi connectivity index (χ1) is 10.1. The maximum absolute atomic E-state index is 6.41. The number of rotatable bonds is 5. The van der Waals surface area contributed by atoms with Gasteiger partial charge in [0.15, 0.2) is 8.32 Å². The van der Waals surface area contributed by atoms with Gasteiger partial charge in [-0.25, -0.2) is 0 Å². The molecule has 1 rings (SSSR count). The van der Waals surface area contributed by atoms with Gasteiger partial charge in [-0.05, 0) is 71.6 Å².